The van der Waals surface area contributed by atoms with E-state index in [1.54, 1.807) is 5.02 Å². The molecular weight excluding hydrogens is 173 g/mol. The molecule has 0 saturated heterocycles. The van der Waals surface area contributed by atoms with Gasteiger partial charge in [0, 0.05) is 0 Å². The van der Waals surface area contributed by atoms with Crippen LogP contribution in [0.4, 0.5) is 0 Å². The van der Waals surface area contributed by atoms with Crippen LogP contribution in [-0.2, 0) is 17.1 Å². The van der Waals surface area contributed by atoms with Crippen molar-refractivity contribution in [3.63, 3.8) is 0 Å². The van der Waals surface area contributed by atoms with Crippen LogP contribution in [-0.4, -0.2) is 0 Å². The molecule has 0 N–H and O–H groups in total. The molecule has 0 aliphatic carbocycles. The van der Waals surface area contributed by atoms with E-state index < -0.39 is 0 Å². The van der Waals surface area contributed by atoms with Crippen molar-refractivity contribution in [3.05, 3.63) is 12.7 Å². The molecule has 0 spiro atoms. The van der Waals surface area contributed by atoms with Crippen molar-refractivity contribution in [3.8, 4) is 0 Å². The van der Waals surface area contributed by atoms with Crippen molar-refractivity contribution >= 4 is 0 Å². The second kappa shape index (κ2) is 9.36. The summed E-state index contributed by atoms with van der Waals surface area (Å²) in [5.74, 6) is 0. The first-order chi connectivity index (χ1) is 4.91. The molecule has 0 amide bonds. The Balaban J connectivity index is 2.70. The molecule has 0 aromatic rings. The fourth-order valence-electron chi connectivity index (χ4n) is 1.07. The molecular formula is C9H18Zn. The molecule has 10 heavy (non-hydrogen) atoms. The first-order valence-corrected chi connectivity index (χ1v) is 9.59. The molecule has 0 heterocycles. The van der Waals surface area contributed by atoms with Crippen LogP contribution < -0.4 is 0 Å². The first kappa shape index (κ1) is 10.4. The molecule has 0 radical (unpaired) electrons. The van der Waals surface area contributed by atoms with Gasteiger partial charge in [-0.2, -0.15) is 0 Å². The fourth-order valence-corrected chi connectivity index (χ4v) is 2.86. The Morgan fingerprint density at radius 3 is 2.50 bits per heavy atom. The van der Waals surface area contributed by atoms with Crippen LogP contribution in [0.5, 0.6) is 0 Å². The van der Waals surface area contributed by atoms with E-state index in [4.69, 9.17) is 0 Å². The van der Waals surface area contributed by atoms with Crippen LogP contribution in [0.3, 0.4) is 0 Å². The molecule has 1 heteroatoms. The van der Waals surface area contributed by atoms with Gasteiger partial charge in [-0.25, -0.2) is 0 Å². The molecule has 0 bridgehead atoms. The zero-order valence-corrected chi connectivity index (χ0v) is 10.2. The van der Waals surface area contributed by atoms with Crippen molar-refractivity contribution in [1.29, 1.82) is 0 Å². The summed E-state index contributed by atoms with van der Waals surface area (Å²) in [6.45, 7) is 3.70. The van der Waals surface area contributed by atoms with Gasteiger partial charge in [0.2, 0.25) is 0 Å². The third-order valence-corrected chi connectivity index (χ3v) is 4.29. The molecule has 0 unspecified atom stereocenters. The van der Waals surface area contributed by atoms with E-state index in [0.717, 1.165) is 0 Å². The Morgan fingerprint density at radius 2 is 1.90 bits per heavy atom. The molecule has 0 rings (SSSR count). The summed E-state index contributed by atoms with van der Waals surface area (Å²) < 4.78 is 0. The van der Waals surface area contributed by atoms with Crippen LogP contribution in [0.15, 0.2) is 12.7 Å². The standard InChI is InChI=1S/C8H15.CH3.Zn/c1-3-5-7-8-6-4-2;;/h3H,1-2,4-8H2;1H3;. The fraction of sp³-hybridized carbons (Fsp3) is 0.778. The Hall–Kier alpha value is 0.363. The maximum absolute atomic E-state index is 3.70. The summed E-state index contributed by atoms with van der Waals surface area (Å²) in [5.41, 5.74) is 2.44. The van der Waals surface area contributed by atoms with Gasteiger partial charge in [0.15, 0.2) is 0 Å². The Kier molecular flexibility index (Phi) is 9.70. The zero-order chi connectivity index (χ0) is 7.66. The monoisotopic (exact) mass is 190 g/mol. The third-order valence-electron chi connectivity index (χ3n) is 1.76. The second-order valence-electron chi connectivity index (χ2n) is 2.85. The SMILES string of the molecule is C=CCCCCC[CH2][Zn][CH3]. The van der Waals surface area contributed by atoms with E-state index in [1.807, 2.05) is 6.08 Å². The Labute approximate surface area is 72.7 Å². The molecule has 0 aliphatic rings. The summed E-state index contributed by atoms with van der Waals surface area (Å²) in [7, 11) is 0. The third kappa shape index (κ3) is 8.36. The summed E-state index contributed by atoms with van der Waals surface area (Å²) in [5, 5.41) is 1.60. The minimum absolute atomic E-state index is 0.00634. The van der Waals surface area contributed by atoms with Crippen LogP contribution in [0.25, 0.3) is 0 Å². The first-order valence-electron chi connectivity index (χ1n) is 4.52. The van der Waals surface area contributed by atoms with Crippen molar-refractivity contribution in [2.24, 2.45) is 0 Å². The predicted molar refractivity (Wildman–Crippen MR) is 44.0 cm³/mol. The Morgan fingerprint density at radius 1 is 1.20 bits per heavy atom. The van der Waals surface area contributed by atoms with Gasteiger partial charge in [-0.15, -0.1) is 0 Å². The molecule has 0 aromatic carbocycles. The van der Waals surface area contributed by atoms with Gasteiger partial charge in [0.25, 0.3) is 0 Å². The summed E-state index contributed by atoms with van der Waals surface area (Å²) in [6, 6.07) is 0. The number of rotatable bonds is 7. The molecule has 0 aliphatic heterocycles. The zero-order valence-electron chi connectivity index (χ0n) is 7.23. The van der Waals surface area contributed by atoms with Gasteiger partial charge in [-0.1, -0.05) is 0 Å². The molecule has 0 aromatic heterocycles. The van der Waals surface area contributed by atoms with Crippen molar-refractivity contribution < 1.29 is 17.1 Å². The van der Waals surface area contributed by atoms with Crippen molar-refractivity contribution in [1.82, 2.24) is 0 Å². The Bertz CT molecular complexity index is 69.1. The number of unbranched alkanes of at least 4 members (excludes halogenated alkanes) is 4. The van der Waals surface area contributed by atoms with Gasteiger partial charge in [-0.3, -0.25) is 0 Å². The van der Waals surface area contributed by atoms with E-state index in [2.05, 4.69) is 12.1 Å². The van der Waals surface area contributed by atoms with Gasteiger partial charge < -0.3 is 0 Å². The average Bonchev–Trinajstić information content (AvgIpc) is 1.97. The van der Waals surface area contributed by atoms with Gasteiger partial charge in [-0.05, 0) is 0 Å². The van der Waals surface area contributed by atoms with Crippen LogP contribution in [0, 0.1) is 0 Å². The minimum atomic E-state index is 0.00634. The molecule has 0 fully saturated rings. The summed E-state index contributed by atoms with van der Waals surface area (Å²) in [6.07, 6.45) is 9.00. The number of hydrogen-bond donors (Lipinski definition) is 0. The predicted octanol–water partition coefficient (Wildman–Crippen LogP) is 3.67. The van der Waals surface area contributed by atoms with Crippen LogP contribution in [0.2, 0.25) is 10.5 Å². The topological polar surface area (TPSA) is 0 Å². The van der Waals surface area contributed by atoms with Gasteiger partial charge >= 0.3 is 72.4 Å². The molecule has 0 saturated carbocycles. The van der Waals surface area contributed by atoms with Crippen molar-refractivity contribution in [2.75, 3.05) is 0 Å². The number of allylic oxidation sites excluding steroid dienone is 1. The molecule has 0 nitrogen and oxygen atoms in total. The van der Waals surface area contributed by atoms with E-state index >= 15 is 0 Å². The maximum atomic E-state index is 3.70. The molecule has 0 atom stereocenters. The van der Waals surface area contributed by atoms with Crippen LogP contribution >= 0.6 is 0 Å². The molecule has 56 valence electrons. The number of hydrogen-bond acceptors (Lipinski definition) is 0. The van der Waals surface area contributed by atoms with Gasteiger partial charge in [0.1, 0.15) is 0 Å². The second-order valence-corrected chi connectivity index (χ2v) is 6.43. The average molecular weight is 192 g/mol. The normalized spacial score (nSPS) is 8.90. The van der Waals surface area contributed by atoms with E-state index in [-0.39, 0.29) is 17.1 Å². The van der Waals surface area contributed by atoms with E-state index in [9.17, 15) is 0 Å². The summed E-state index contributed by atoms with van der Waals surface area (Å²) in [4.78, 5) is 0. The van der Waals surface area contributed by atoms with Gasteiger partial charge in [0.05, 0.1) is 0 Å². The van der Waals surface area contributed by atoms with Crippen molar-refractivity contribution in [2.45, 2.75) is 42.6 Å². The quantitative estimate of drug-likeness (QED) is 0.327. The van der Waals surface area contributed by atoms with E-state index in [1.165, 1.54) is 32.1 Å². The van der Waals surface area contributed by atoms with Crippen LogP contribution in [0.1, 0.15) is 32.1 Å². The summed E-state index contributed by atoms with van der Waals surface area (Å²) >= 11 is 0.00634. The van der Waals surface area contributed by atoms with E-state index in [0.29, 0.717) is 0 Å².